The molecule has 108 valence electrons. The number of nitro groups is 1. The van der Waals surface area contributed by atoms with E-state index in [1.807, 2.05) is 0 Å². The van der Waals surface area contributed by atoms with E-state index in [-0.39, 0.29) is 15.8 Å². The molecule has 0 aliphatic rings. The normalized spacial score (nSPS) is 10.7. The molecule has 0 saturated carbocycles. The number of thiocarbonyl (C=S) groups is 1. The lowest BCUT2D eigenvalue weighted by Gasteiger charge is -1.99. The largest absolute Gasteiger partial charge is 0.455 e. The fourth-order valence-electron chi connectivity index (χ4n) is 1.54. The maximum atomic E-state index is 10.9. The van der Waals surface area contributed by atoms with E-state index in [1.54, 1.807) is 18.2 Å². The van der Waals surface area contributed by atoms with Crippen LogP contribution in [0.4, 0.5) is 5.69 Å². The summed E-state index contributed by atoms with van der Waals surface area (Å²) in [6.45, 7) is 0. The third-order valence-electron chi connectivity index (χ3n) is 2.42. The van der Waals surface area contributed by atoms with Gasteiger partial charge in [-0.1, -0.05) is 11.6 Å². The van der Waals surface area contributed by atoms with Crippen molar-refractivity contribution in [1.82, 2.24) is 5.43 Å². The Morgan fingerprint density at radius 3 is 2.90 bits per heavy atom. The van der Waals surface area contributed by atoms with Crippen LogP contribution in [0, 0.1) is 10.1 Å². The van der Waals surface area contributed by atoms with E-state index in [0.29, 0.717) is 17.1 Å². The molecule has 0 amide bonds. The van der Waals surface area contributed by atoms with E-state index in [0.717, 1.165) is 0 Å². The van der Waals surface area contributed by atoms with E-state index in [2.05, 4.69) is 22.7 Å². The first kappa shape index (κ1) is 14.9. The number of hydrazone groups is 1. The Balaban J connectivity index is 2.25. The average Bonchev–Trinajstić information content (AvgIpc) is 2.87. The Bertz CT molecular complexity index is 729. The van der Waals surface area contributed by atoms with Gasteiger partial charge in [-0.2, -0.15) is 5.10 Å². The number of hydrogen-bond donors (Lipinski definition) is 2. The highest BCUT2D eigenvalue weighted by Gasteiger charge is 2.15. The molecule has 2 rings (SSSR count). The van der Waals surface area contributed by atoms with Gasteiger partial charge in [-0.15, -0.1) is 0 Å². The van der Waals surface area contributed by atoms with Crippen molar-refractivity contribution >= 4 is 40.8 Å². The highest BCUT2D eigenvalue weighted by molar-refractivity contribution is 7.80. The summed E-state index contributed by atoms with van der Waals surface area (Å²) < 4.78 is 5.49. The highest BCUT2D eigenvalue weighted by Crippen LogP contribution is 2.30. The van der Waals surface area contributed by atoms with Gasteiger partial charge in [0.15, 0.2) is 5.11 Å². The van der Waals surface area contributed by atoms with Crippen molar-refractivity contribution in [2.24, 2.45) is 10.8 Å². The Kier molecular flexibility index (Phi) is 4.51. The fraction of sp³-hybridized carbons (Fsp3) is 0. The van der Waals surface area contributed by atoms with Crippen LogP contribution < -0.4 is 11.2 Å². The molecule has 0 bridgehead atoms. The summed E-state index contributed by atoms with van der Waals surface area (Å²) in [6.07, 6.45) is 1.38. The van der Waals surface area contributed by atoms with Crippen molar-refractivity contribution in [1.29, 1.82) is 0 Å². The van der Waals surface area contributed by atoms with E-state index >= 15 is 0 Å². The van der Waals surface area contributed by atoms with Crippen molar-refractivity contribution in [3.8, 4) is 11.3 Å². The molecule has 0 unspecified atom stereocenters. The van der Waals surface area contributed by atoms with Crippen LogP contribution in [-0.4, -0.2) is 16.3 Å². The lowest BCUT2D eigenvalue weighted by molar-refractivity contribution is -0.384. The summed E-state index contributed by atoms with van der Waals surface area (Å²) in [4.78, 5) is 10.3. The molecule has 0 aliphatic heterocycles. The van der Waals surface area contributed by atoms with Gasteiger partial charge < -0.3 is 10.2 Å². The summed E-state index contributed by atoms with van der Waals surface area (Å²) >= 11 is 10.3. The maximum absolute atomic E-state index is 10.9. The summed E-state index contributed by atoms with van der Waals surface area (Å²) in [5, 5.41) is 14.7. The van der Waals surface area contributed by atoms with Crippen LogP contribution in [0.5, 0.6) is 0 Å². The summed E-state index contributed by atoms with van der Waals surface area (Å²) in [5.41, 5.74) is 7.95. The molecule has 0 aliphatic carbocycles. The molecular formula is C12H9ClN4O3S. The number of nitro benzene ring substituents is 1. The first-order chi connectivity index (χ1) is 9.97. The minimum absolute atomic E-state index is 0.0337. The first-order valence-electron chi connectivity index (χ1n) is 5.60. The van der Waals surface area contributed by atoms with Crippen molar-refractivity contribution in [2.45, 2.75) is 0 Å². The number of nitrogens with two attached hydrogens (primary N) is 1. The third-order valence-corrected chi connectivity index (χ3v) is 2.83. The minimum Gasteiger partial charge on any atom is -0.455 e. The van der Waals surface area contributed by atoms with Gasteiger partial charge >= 0.3 is 0 Å². The van der Waals surface area contributed by atoms with Crippen molar-refractivity contribution in [3.63, 3.8) is 0 Å². The Labute approximate surface area is 129 Å². The zero-order valence-electron chi connectivity index (χ0n) is 10.4. The summed E-state index contributed by atoms with van der Waals surface area (Å²) in [6, 6.07) is 7.73. The van der Waals surface area contributed by atoms with Crippen molar-refractivity contribution < 1.29 is 9.34 Å². The second-order valence-electron chi connectivity index (χ2n) is 3.86. The Morgan fingerprint density at radius 2 is 2.24 bits per heavy atom. The number of benzene rings is 1. The lowest BCUT2D eigenvalue weighted by Crippen LogP contribution is -2.23. The van der Waals surface area contributed by atoms with Gasteiger partial charge in [0.25, 0.3) is 5.69 Å². The zero-order valence-corrected chi connectivity index (χ0v) is 12.0. The number of hydrogen-bond acceptors (Lipinski definition) is 5. The molecule has 0 fully saturated rings. The van der Waals surface area contributed by atoms with Gasteiger partial charge in [0.05, 0.1) is 11.1 Å². The Hall–Kier alpha value is -2.45. The zero-order chi connectivity index (χ0) is 15.4. The van der Waals surface area contributed by atoms with Crippen molar-refractivity contribution in [3.05, 3.63) is 51.2 Å². The van der Waals surface area contributed by atoms with Crippen LogP contribution in [0.3, 0.4) is 0 Å². The maximum Gasteiger partial charge on any atom is 0.288 e. The molecule has 0 saturated heterocycles. The minimum atomic E-state index is -0.552. The molecule has 2 aromatic rings. The monoisotopic (exact) mass is 324 g/mol. The van der Waals surface area contributed by atoms with Gasteiger partial charge in [0.1, 0.15) is 16.5 Å². The van der Waals surface area contributed by atoms with Crippen LogP contribution in [-0.2, 0) is 0 Å². The topological polar surface area (TPSA) is 107 Å². The molecule has 9 heteroatoms. The van der Waals surface area contributed by atoms with Crippen LogP contribution in [0.1, 0.15) is 5.76 Å². The fourth-order valence-corrected chi connectivity index (χ4v) is 1.78. The molecule has 0 spiro atoms. The molecule has 1 heterocycles. The highest BCUT2D eigenvalue weighted by atomic mass is 35.5. The standard InChI is InChI=1S/C12H9ClN4O3S/c13-9-3-1-7(5-10(9)17(18)19)11-4-2-8(20-11)6-15-16-12(14)21/h1-6H,(H3,14,16,21)/b15-6-. The van der Waals surface area contributed by atoms with Crippen LogP contribution in [0.25, 0.3) is 11.3 Å². The quantitative estimate of drug-likeness (QED) is 0.387. The van der Waals surface area contributed by atoms with E-state index in [1.165, 1.54) is 18.3 Å². The van der Waals surface area contributed by atoms with Gasteiger partial charge in [-0.25, -0.2) is 0 Å². The molecular weight excluding hydrogens is 316 g/mol. The average molecular weight is 325 g/mol. The smallest absolute Gasteiger partial charge is 0.288 e. The molecule has 1 aromatic heterocycles. The van der Waals surface area contributed by atoms with Crippen LogP contribution in [0.15, 0.2) is 39.9 Å². The predicted octanol–water partition coefficient (Wildman–Crippen LogP) is 2.68. The van der Waals surface area contributed by atoms with Gasteiger partial charge in [0.2, 0.25) is 0 Å². The first-order valence-corrected chi connectivity index (χ1v) is 6.38. The molecule has 0 atom stereocenters. The summed E-state index contributed by atoms with van der Waals surface area (Å²) in [7, 11) is 0. The number of nitrogens with zero attached hydrogens (tertiary/aromatic N) is 2. The Morgan fingerprint density at radius 1 is 1.48 bits per heavy atom. The van der Waals surface area contributed by atoms with Crippen molar-refractivity contribution in [2.75, 3.05) is 0 Å². The molecule has 0 radical (unpaired) electrons. The number of rotatable bonds is 4. The van der Waals surface area contributed by atoms with Crippen LogP contribution >= 0.6 is 23.8 Å². The van der Waals surface area contributed by atoms with E-state index < -0.39 is 4.92 Å². The third kappa shape index (κ3) is 3.77. The molecule has 7 nitrogen and oxygen atoms in total. The number of furan rings is 1. The number of halogens is 1. The molecule has 21 heavy (non-hydrogen) atoms. The van der Waals surface area contributed by atoms with Gasteiger partial charge in [-0.3, -0.25) is 15.5 Å². The van der Waals surface area contributed by atoms with Crippen LogP contribution in [0.2, 0.25) is 5.02 Å². The molecule has 1 aromatic carbocycles. The lowest BCUT2D eigenvalue weighted by atomic mass is 10.1. The summed E-state index contributed by atoms with van der Waals surface area (Å²) in [5.74, 6) is 0.887. The SMILES string of the molecule is NC(=S)N/N=C\c1ccc(-c2ccc(Cl)c([N+](=O)[O-])c2)o1. The second kappa shape index (κ2) is 6.33. The van der Waals surface area contributed by atoms with Gasteiger partial charge in [-0.05, 0) is 36.5 Å². The number of nitrogens with one attached hydrogen (secondary N) is 1. The van der Waals surface area contributed by atoms with E-state index in [4.69, 9.17) is 21.8 Å². The van der Waals surface area contributed by atoms with Gasteiger partial charge in [0, 0.05) is 11.6 Å². The van der Waals surface area contributed by atoms with E-state index in [9.17, 15) is 10.1 Å². The predicted molar refractivity (Wildman–Crippen MR) is 83.3 cm³/mol. The molecule has 3 N–H and O–H groups in total. The second-order valence-corrected chi connectivity index (χ2v) is 4.71.